The molecule has 1 aromatic rings. The number of aromatic nitrogens is 3. The molecule has 0 amide bonds. The van der Waals surface area contributed by atoms with Gasteiger partial charge in [0.1, 0.15) is 6.54 Å². The molecule has 0 aromatic carbocycles. The molecule has 0 unspecified atom stereocenters. The predicted molar refractivity (Wildman–Crippen MR) is 48.0 cm³/mol. The maximum absolute atomic E-state index is 12.2. The van der Waals surface area contributed by atoms with E-state index in [-0.39, 0.29) is 6.54 Å². The molecule has 2 N–H and O–H groups in total. The summed E-state index contributed by atoms with van der Waals surface area (Å²) in [7, 11) is 0. The molecular weight excluding hydrogens is 209 g/mol. The van der Waals surface area contributed by atoms with Gasteiger partial charge in [-0.1, -0.05) is 18.6 Å². The van der Waals surface area contributed by atoms with E-state index < -0.39 is 12.7 Å². The number of halogens is 3. The van der Waals surface area contributed by atoms with Gasteiger partial charge in [-0.25, -0.2) is 4.68 Å². The maximum Gasteiger partial charge on any atom is 0.408 e. The molecule has 0 fully saturated rings. The molecule has 0 aliphatic heterocycles. The van der Waals surface area contributed by atoms with Gasteiger partial charge < -0.3 is 5.73 Å². The highest BCUT2D eigenvalue weighted by Crippen LogP contribution is 2.19. The smallest absolute Gasteiger partial charge is 0.325 e. The minimum atomic E-state index is -4.28. The van der Waals surface area contributed by atoms with Gasteiger partial charge in [-0.05, 0) is 6.42 Å². The Morgan fingerprint density at radius 1 is 1.40 bits per heavy atom. The highest BCUT2D eigenvalue weighted by atomic mass is 19.4. The van der Waals surface area contributed by atoms with Crippen molar-refractivity contribution in [3.05, 3.63) is 11.4 Å². The first-order valence-corrected chi connectivity index (χ1v) is 4.66. The van der Waals surface area contributed by atoms with Gasteiger partial charge in [-0.15, -0.1) is 5.10 Å². The molecule has 0 spiro atoms. The lowest BCUT2D eigenvalue weighted by Gasteiger charge is -2.09. The van der Waals surface area contributed by atoms with Crippen LogP contribution in [-0.4, -0.2) is 21.2 Å². The van der Waals surface area contributed by atoms with Gasteiger partial charge in [0.15, 0.2) is 0 Å². The minimum absolute atomic E-state index is 0.118. The van der Waals surface area contributed by atoms with Crippen molar-refractivity contribution in [3.63, 3.8) is 0 Å². The average Bonchev–Trinajstić information content (AvgIpc) is 2.47. The monoisotopic (exact) mass is 222 g/mol. The summed E-state index contributed by atoms with van der Waals surface area (Å²) in [5.74, 6) is 0. The lowest BCUT2D eigenvalue weighted by Crippen LogP contribution is -2.20. The molecule has 0 aliphatic carbocycles. The van der Waals surface area contributed by atoms with E-state index in [1.807, 2.05) is 6.92 Å². The maximum atomic E-state index is 12.2. The van der Waals surface area contributed by atoms with E-state index in [2.05, 4.69) is 10.3 Å². The van der Waals surface area contributed by atoms with Crippen LogP contribution in [-0.2, 0) is 19.5 Å². The third-order valence-corrected chi connectivity index (χ3v) is 1.93. The molecule has 86 valence electrons. The molecule has 7 heteroatoms. The molecular formula is C8H13F3N4. The lowest BCUT2D eigenvalue weighted by atomic mass is 10.2. The second kappa shape index (κ2) is 4.61. The second-order valence-electron chi connectivity index (χ2n) is 3.21. The zero-order chi connectivity index (χ0) is 11.5. The van der Waals surface area contributed by atoms with Crippen molar-refractivity contribution < 1.29 is 13.2 Å². The fourth-order valence-electron chi connectivity index (χ4n) is 1.33. The number of alkyl halides is 3. The predicted octanol–water partition coefficient (Wildman–Crippen LogP) is 1.25. The highest BCUT2D eigenvalue weighted by Gasteiger charge is 2.30. The normalized spacial score (nSPS) is 12.1. The quantitative estimate of drug-likeness (QED) is 0.834. The van der Waals surface area contributed by atoms with Crippen molar-refractivity contribution in [2.45, 2.75) is 39.0 Å². The van der Waals surface area contributed by atoms with E-state index in [0.717, 1.165) is 11.1 Å². The largest absolute Gasteiger partial charge is 0.408 e. The summed E-state index contributed by atoms with van der Waals surface area (Å²) in [5, 5.41) is 7.08. The Labute approximate surface area is 85.3 Å². The van der Waals surface area contributed by atoms with Gasteiger partial charge in [-0.2, -0.15) is 13.2 Å². The van der Waals surface area contributed by atoms with Crippen LogP contribution in [0.25, 0.3) is 0 Å². The molecule has 1 rings (SSSR count). The van der Waals surface area contributed by atoms with E-state index in [0.29, 0.717) is 17.8 Å². The van der Waals surface area contributed by atoms with E-state index >= 15 is 0 Å². The first-order chi connectivity index (χ1) is 6.98. The molecule has 0 atom stereocenters. The van der Waals surface area contributed by atoms with Crippen LogP contribution in [0.3, 0.4) is 0 Å². The molecule has 0 radical (unpaired) electrons. The molecule has 0 bridgehead atoms. The zero-order valence-corrected chi connectivity index (χ0v) is 8.38. The fourth-order valence-corrected chi connectivity index (χ4v) is 1.33. The Hall–Kier alpha value is -1.11. The number of nitrogens with zero attached hydrogens (tertiary/aromatic N) is 3. The Morgan fingerprint density at radius 3 is 2.53 bits per heavy atom. The molecule has 0 aliphatic rings. The van der Waals surface area contributed by atoms with Crippen LogP contribution < -0.4 is 5.73 Å². The Bertz CT molecular complexity index is 318. The lowest BCUT2D eigenvalue weighted by molar-refractivity contribution is -0.143. The number of hydrogen-bond acceptors (Lipinski definition) is 3. The van der Waals surface area contributed by atoms with E-state index in [4.69, 9.17) is 5.73 Å². The van der Waals surface area contributed by atoms with Gasteiger partial charge >= 0.3 is 6.18 Å². The third kappa shape index (κ3) is 3.19. The number of nitrogens with two attached hydrogens (primary N) is 1. The van der Waals surface area contributed by atoms with Crippen LogP contribution in [0.5, 0.6) is 0 Å². The summed E-state index contributed by atoms with van der Waals surface area (Å²) in [4.78, 5) is 0. The van der Waals surface area contributed by atoms with E-state index in [1.54, 1.807) is 0 Å². The summed E-state index contributed by atoms with van der Waals surface area (Å²) < 4.78 is 37.3. The van der Waals surface area contributed by atoms with Gasteiger partial charge in [0.2, 0.25) is 0 Å². The molecule has 4 nitrogen and oxygen atoms in total. The average molecular weight is 222 g/mol. The van der Waals surface area contributed by atoms with Crippen LogP contribution in [0.4, 0.5) is 13.2 Å². The van der Waals surface area contributed by atoms with Crippen LogP contribution in [0.15, 0.2) is 0 Å². The second-order valence-corrected chi connectivity index (χ2v) is 3.21. The van der Waals surface area contributed by atoms with Crippen LogP contribution in [0.1, 0.15) is 24.7 Å². The standard InChI is InChI=1S/C8H13F3N4/c1-2-3-7-6(4-12)13-14-15(7)5-8(9,10)11/h2-5,12H2,1H3. The Morgan fingerprint density at radius 2 is 2.07 bits per heavy atom. The van der Waals surface area contributed by atoms with Gasteiger partial charge in [0.05, 0.1) is 11.4 Å². The fraction of sp³-hybridized carbons (Fsp3) is 0.750. The van der Waals surface area contributed by atoms with Crippen molar-refractivity contribution in [1.82, 2.24) is 15.0 Å². The first kappa shape index (κ1) is 12.0. The van der Waals surface area contributed by atoms with Crippen LogP contribution in [0.2, 0.25) is 0 Å². The third-order valence-electron chi connectivity index (χ3n) is 1.93. The molecule has 1 aromatic heterocycles. The summed E-state index contributed by atoms with van der Waals surface area (Å²) >= 11 is 0. The van der Waals surface area contributed by atoms with Crippen molar-refractivity contribution >= 4 is 0 Å². The number of hydrogen-bond donors (Lipinski definition) is 1. The molecule has 0 saturated carbocycles. The molecule has 0 saturated heterocycles. The molecule has 1 heterocycles. The van der Waals surface area contributed by atoms with Gasteiger partial charge in [-0.3, -0.25) is 0 Å². The Balaban J connectivity index is 2.91. The molecule has 15 heavy (non-hydrogen) atoms. The summed E-state index contributed by atoms with van der Waals surface area (Å²) in [5.41, 5.74) is 6.29. The summed E-state index contributed by atoms with van der Waals surface area (Å²) in [6.45, 7) is 0.897. The van der Waals surface area contributed by atoms with Crippen molar-refractivity contribution in [2.75, 3.05) is 0 Å². The van der Waals surface area contributed by atoms with Crippen molar-refractivity contribution in [2.24, 2.45) is 5.73 Å². The van der Waals surface area contributed by atoms with Gasteiger partial charge in [0.25, 0.3) is 0 Å². The van der Waals surface area contributed by atoms with Crippen LogP contribution >= 0.6 is 0 Å². The highest BCUT2D eigenvalue weighted by molar-refractivity contribution is 5.10. The van der Waals surface area contributed by atoms with Gasteiger partial charge in [0, 0.05) is 6.54 Å². The number of rotatable bonds is 4. The van der Waals surface area contributed by atoms with Crippen molar-refractivity contribution in [3.8, 4) is 0 Å². The van der Waals surface area contributed by atoms with Crippen LogP contribution in [0, 0.1) is 0 Å². The minimum Gasteiger partial charge on any atom is -0.325 e. The summed E-state index contributed by atoms with van der Waals surface area (Å²) in [6.07, 6.45) is -3.03. The first-order valence-electron chi connectivity index (χ1n) is 4.66. The zero-order valence-electron chi connectivity index (χ0n) is 8.38. The van der Waals surface area contributed by atoms with E-state index in [9.17, 15) is 13.2 Å². The topological polar surface area (TPSA) is 56.7 Å². The van der Waals surface area contributed by atoms with Crippen molar-refractivity contribution in [1.29, 1.82) is 0 Å². The SMILES string of the molecule is CCCc1c(CN)nnn1CC(F)(F)F. The van der Waals surface area contributed by atoms with E-state index in [1.165, 1.54) is 0 Å². The summed E-state index contributed by atoms with van der Waals surface area (Å²) in [6, 6.07) is 0. The Kier molecular flexibility index (Phi) is 3.67.